The Hall–Kier alpha value is -4.70. The normalized spacial score (nSPS) is 16.5. The van der Waals surface area contributed by atoms with Gasteiger partial charge < -0.3 is 24.7 Å². The highest BCUT2D eigenvalue weighted by molar-refractivity contribution is 6.31. The van der Waals surface area contributed by atoms with Crippen LogP contribution in [0.4, 0.5) is 5.69 Å². The maximum atomic E-state index is 14.0. The van der Waals surface area contributed by atoms with Crippen LogP contribution in [0.1, 0.15) is 30.0 Å². The van der Waals surface area contributed by atoms with Crippen LogP contribution in [0.25, 0.3) is 5.69 Å². The number of anilines is 1. The number of aromatic nitrogens is 1. The number of halogens is 1. The van der Waals surface area contributed by atoms with Gasteiger partial charge in [0.25, 0.3) is 11.5 Å². The monoisotopic (exact) mass is 641 g/mol. The van der Waals surface area contributed by atoms with E-state index in [1.54, 1.807) is 72.6 Å². The van der Waals surface area contributed by atoms with Crippen molar-refractivity contribution >= 4 is 29.1 Å². The summed E-state index contributed by atoms with van der Waals surface area (Å²) in [4.78, 5) is 42.8. The molecule has 2 heterocycles. The van der Waals surface area contributed by atoms with Gasteiger partial charge in [0.2, 0.25) is 5.91 Å². The highest BCUT2D eigenvalue weighted by Gasteiger charge is 2.52. The maximum absolute atomic E-state index is 14.0. The van der Waals surface area contributed by atoms with Crippen LogP contribution in [0, 0.1) is 5.92 Å². The Labute approximate surface area is 272 Å². The molecule has 3 aromatic carbocycles. The average Bonchev–Trinajstić information content (AvgIpc) is 3.27. The van der Waals surface area contributed by atoms with Crippen LogP contribution in [-0.2, 0) is 28.3 Å². The first-order chi connectivity index (χ1) is 22.2. The number of carbonyl (C=O) groups is 2. The molecule has 4 aromatic rings. The van der Waals surface area contributed by atoms with Crippen molar-refractivity contribution in [1.29, 1.82) is 0 Å². The van der Waals surface area contributed by atoms with Crippen molar-refractivity contribution in [2.75, 3.05) is 25.2 Å². The zero-order valence-electron chi connectivity index (χ0n) is 25.7. The van der Waals surface area contributed by atoms with Gasteiger partial charge in [-0.25, -0.2) is 0 Å². The average molecular weight is 642 g/mol. The first kappa shape index (κ1) is 32.7. The van der Waals surface area contributed by atoms with E-state index in [0.717, 1.165) is 11.1 Å². The van der Waals surface area contributed by atoms with Crippen molar-refractivity contribution in [2.45, 2.75) is 32.0 Å². The van der Waals surface area contributed by atoms with Crippen molar-refractivity contribution < 1.29 is 24.5 Å². The van der Waals surface area contributed by atoms with Gasteiger partial charge in [-0.05, 0) is 53.6 Å². The third-order valence-electron chi connectivity index (χ3n) is 8.23. The van der Waals surface area contributed by atoms with E-state index in [1.807, 2.05) is 42.5 Å². The van der Waals surface area contributed by atoms with Gasteiger partial charge in [0.05, 0.1) is 25.9 Å². The number of aliphatic hydroxyl groups excluding tert-OH is 1. The quantitative estimate of drug-likeness (QED) is 0.214. The summed E-state index contributed by atoms with van der Waals surface area (Å²) in [7, 11) is 1.44. The smallest absolute Gasteiger partial charge is 0.297 e. The van der Waals surface area contributed by atoms with Crippen LogP contribution in [0.5, 0.6) is 5.75 Å². The Morgan fingerprint density at radius 1 is 1.02 bits per heavy atom. The fourth-order valence-corrected chi connectivity index (χ4v) is 5.88. The van der Waals surface area contributed by atoms with Crippen LogP contribution < -0.4 is 15.2 Å². The number of hydrogen-bond acceptors (Lipinski definition) is 6. The van der Waals surface area contributed by atoms with Crippen LogP contribution in [-0.4, -0.2) is 51.8 Å². The molecular formula is C36H36ClN3O6. The zero-order valence-corrected chi connectivity index (χ0v) is 26.4. The molecule has 1 aromatic heterocycles. The van der Waals surface area contributed by atoms with Gasteiger partial charge >= 0.3 is 0 Å². The molecular weight excluding hydrogens is 606 g/mol. The summed E-state index contributed by atoms with van der Waals surface area (Å²) in [6.07, 6.45) is 5.01. The molecule has 10 heteroatoms. The molecule has 0 aliphatic carbocycles. The number of benzene rings is 3. The minimum absolute atomic E-state index is 0.0380. The lowest BCUT2D eigenvalue weighted by Crippen LogP contribution is -2.44. The molecule has 0 spiro atoms. The lowest BCUT2D eigenvalue weighted by Gasteiger charge is -2.28. The molecule has 0 saturated heterocycles. The van der Waals surface area contributed by atoms with Crippen molar-refractivity contribution in [1.82, 2.24) is 9.47 Å². The first-order valence-electron chi connectivity index (χ1n) is 15.0. The van der Waals surface area contributed by atoms with E-state index in [9.17, 15) is 24.6 Å². The van der Waals surface area contributed by atoms with Crippen LogP contribution >= 0.6 is 11.6 Å². The van der Waals surface area contributed by atoms with Crippen molar-refractivity contribution in [3.63, 3.8) is 0 Å². The van der Waals surface area contributed by atoms with Gasteiger partial charge in [-0.2, -0.15) is 0 Å². The fraction of sp³-hybridized carbons (Fsp3) is 0.250. The summed E-state index contributed by atoms with van der Waals surface area (Å²) in [5.41, 5.74) is 1.10. The van der Waals surface area contributed by atoms with Crippen molar-refractivity contribution in [3.8, 4) is 11.4 Å². The Balaban J connectivity index is 1.33. The van der Waals surface area contributed by atoms with Crippen LogP contribution in [0.3, 0.4) is 0 Å². The number of hydrogen-bond donors (Lipinski definition) is 2. The Morgan fingerprint density at radius 3 is 2.46 bits per heavy atom. The molecule has 0 radical (unpaired) electrons. The second kappa shape index (κ2) is 14.2. The van der Waals surface area contributed by atoms with Crippen molar-refractivity contribution in [2.24, 2.45) is 5.92 Å². The van der Waals surface area contributed by atoms with Gasteiger partial charge in [0.15, 0.2) is 11.4 Å². The van der Waals surface area contributed by atoms with E-state index in [4.69, 9.17) is 16.3 Å². The molecule has 0 saturated carbocycles. The summed E-state index contributed by atoms with van der Waals surface area (Å²) < 4.78 is 6.62. The number of rotatable bonds is 12. The predicted octanol–water partition coefficient (Wildman–Crippen LogP) is 4.84. The predicted molar refractivity (Wildman–Crippen MR) is 177 cm³/mol. The molecule has 0 bridgehead atoms. The van der Waals surface area contributed by atoms with E-state index >= 15 is 0 Å². The van der Waals surface area contributed by atoms with E-state index in [2.05, 4.69) is 0 Å². The topological polar surface area (TPSA) is 112 Å². The molecule has 2 atom stereocenters. The Kier molecular flexibility index (Phi) is 10.1. The Morgan fingerprint density at radius 2 is 1.76 bits per heavy atom. The standard InChI is InChI=1S/C36H36ClN3O6/c1-25(8-6-12-33(42)38(20-21-41)23-26-9-4-3-5-10-26)36(45)30-22-28(37)15-18-31(30)40(35(36)44)24-27-13-16-29(17-14-27)39-19-7-11-32(46-2)34(39)43/h3-11,13-19,22,25,41,45H,12,20-21,23-24H2,1-2H3/b8-6+/t25-,36+/m0/s1. The first-order valence-corrected chi connectivity index (χ1v) is 15.3. The summed E-state index contributed by atoms with van der Waals surface area (Å²) in [5, 5.41) is 21.9. The van der Waals surface area contributed by atoms with E-state index in [0.29, 0.717) is 28.5 Å². The molecule has 5 rings (SSSR count). The molecule has 1 aliphatic heterocycles. The van der Waals surface area contributed by atoms with Gasteiger partial charge in [0, 0.05) is 47.9 Å². The summed E-state index contributed by atoms with van der Waals surface area (Å²) in [6.45, 7) is 2.29. The summed E-state index contributed by atoms with van der Waals surface area (Å²) >= 11 is 6.33. The van der Waals surface area contributed by atoms with Crippen LogP contribution in [0.15, 0.2) is 108 Å². The third-order valence-corrected chi connectivity index (χ3v) is 8.47. The third kappa shape index (κ3) is 6.62. The number of amides is 2. The largest absolute Gasteiger partial charge is 0.491 e. The zero-order chi connectivity index (χ0) is 32.8. The van der Waals surface area contributed by atoms with Gasteiger partial charge in [0.1, 0.15) is 0 Å². The molecule has 46 heavy (non-hydrogen) atoms. The number of carbonyl (C=O) groups excluding carboxylic acids is 2. The minimum Gasteiger partial charge on any atom is -0.491 e. The SMILES string of the molecule is COc1cccn(-c2ccc(CN3C(=O)[C@@](O)([C@@H](C)/C=C/CC(=O)N(CCO)Cc4ccccc4)c4cc(Cl)ccc43)cc2)c1=O. The molecule has 2 amide bonds. The van der Waals surface area contributed by atoms with E-state index < -0.39 is 17.4 Å². The number of methoxy groups -OCH3 is 1. The number of pyridine rings is 1. The molecule has 238 valence electrons. The summed E-state index contributed by atoms with van der Waals surface area (Å²) in [5.74, 6) is -1.16. The second-order valence-corrected chi connectivity index (χ2v) is 11.6. The molecule has 2 N–H and O–H groups in total. The van der Waals surface area contributed by atoms with Gasteiger partial charge in [-0.1, -0.05) is 73.1 Å². The van der Waals surface area contributed by atoms with E-state index in [1.165, 1.54) is 16.6 Å². The summed E-state index contributed by atoms with van der Waals surface area (Å²) in [6, 6.07) is 25.1. The Bertz CT molecular complexity index is 1790. The number of aliphatic hydroxyl groups is 2. The van der Waals surface area contributed by atoms with Crippen molar-refractivity contribution in [3.05, 3.63) is 135 Å². The molecule has 0 fully saturated rings. The number of nitrogens with zero attached hydrogens (tertiary/aromatic N) is 3. The van der Waals surface area contributed by atoms with Crippen LogP contribution in [0.2, 0.25) is 5.02 Å². The molecule has 9 nitrogen and oxygen atoms in total. The second-order valence-electron chi connectivity index (χ2n) is 11.2. The lowest BCUT2D eigenvalue weighted by molar-refractivity contribution is -0.139. The van der Waals surface area contributed by atoms with Gasteiger partial charge in [-0.3, -0.25) is 19.0 Å². The van der Waals surface area contributed by atoms with Gasteiger partial charge in [-0.15, -0.1) is 0 Å². The minimum atomic E-state index is -1.91. The molecule has 0 unspecified atom stereocenters. The lowest BCUT2D eigenvalue weighted by atomic mass is 9.83. The highest BCUT2D eigenvalue weighted by Crippen LogP contribution is 2.46. The van der Waals surface area contributed by atoms with E-state index in [-0.39, 0.29) is 43.3 Å². The fourth-order valence-electron chi connectivity index (χ4n) is 5.71. The maximum Gasteiger partial charge on any atom is 0.297 e. The molecule has 1 aliphatic rings. The number of fused-ring (bicyclic) bond motifs is 1. The number of ether oxygens (including phenoxy) is 1. The highest BCUT2D eigenvalue weighted by atomic mass is 35.5.